The Morgan fingerprint density at radius 3 is 2.85 bits per heavy atom. The van der Waals surface area contributed by atoms with E-state index in [9.17, 15) is 5.11 Å². The standard InChI is InChI=1S/C9H13NO3/c1-12-8-5-7(13-10-8)9(6-11)3-2-4-9/h5,11H,2-4,6H2,1H3. The van der Waals surface area contributed by atoms with Crippen molar-refractivity contribution in [2.75, 3.05) is 13.7 Å². The number of ether oxygens (including phenoxy) is 1. The van der Waals surface area contributed by atoms with E-state index < -0.39 is 0 Å². The Morgan fingerprint density at radius 2 is 2.46 bits per heavy atom. The lowest BCUT2D eigenvalue weighted by Gasteiger charge is -2.37. The van der Waals surface area contributed by atoms with E-state index >= 15 is 0 Å². The highest BCUT2D eigenvalue weighted by Crippen LogP contribution is 2.43. The van der Waals surface area contributed by atoms with Crippen molar-refractivity contribution in [2.45, 2.75) is 24.7 Å². The Morgan fingerprint density at radius 1 is 1.69 bits per heavy atom. The van der Waals surface area contributed by atoms with E-state index in [-0.39, 0.29) is 12.0 Å². The Labute approximate surface area is 76.5 Å². The normalized spacial score (nSPS) is 19.5. The molecular weight excluding hydrogens is 170 g/mol. The maximum Gasteiger partial charge on any atom is 0.254 e. The highest BCUT2D eigenvalue weighted by Gasteiger charge is 2.41. The number of aromatic nitrogens is 1. The number of hydrogen-bond acceptors (Lipinski definition) is 4. The molecule has 1 aromatic heterocycles. The van der Waals surface area contributed by atoms with Crippen LogP contribution >= 0.6 is 0 Å². The minimum Gasteiger partial charge on any atom is -0.479 e. The molecule has 0 saturated heterocycles. The average molecular weight is 183 g/mol. The SMILES string of the molecule is COc1cc(C2(CO)CCC2)on1. The summed E-state index contributed by atoms with van der Waals surface area (Å²) in [6.45, 7) is 0.130. The lowest BCUT2D eigenvalue weighted by Crippen LogP contribution is -2.37. The molecule has 1 saturated carbocycles. The van der Waals surface area contributed by atoms with Crippen LogP contribution in [0.3, 0.4) is 0 Å². The van der Waals surface area contributed by atoms with Crippen LogP contribution in [-0.2, 0) is 5.41 Å². The van der Waals surface area contributed by atoms with E-state index in [0.717, 1.165) is 25.0 Å². The first-order valence-corrected chi connectivity index (χ1v) is 4.43. The molecule has 2 rings (SSSR count). The van der Waals surface area contributed by atoms with Crippen molar-refractivity contribution in [2.24, 2.45) is 0 Å². The minimum atomic E-state index is -0.177. The topological polar surface area (TPSA) is 55.5 Å². The zero-order valence-corrected chi connectivity index (χ0v) is 7.62. The van der Waals surface area contributed by atoms with Crippen molar-refractivity contribution in [1.82, 2.24) is 5.16 Å². The molecule has 0 unspecified atom stereocenters. The van der Waals surface area contributed by atoms with Crippen LogP contribution in [0.4, 0.5) is 0 Å². The quantitative estimate of drug-likeness (QED) is 0.762. The van der Waals surface area contributed by atoms with Gasteiger partial charge < -0.3 is 14.4 Å². The molecule has 0 aliphatic heterocycles. The van der Waals surface area contributed by atoms with Gasteiger partial charge in [-0.25, -0.2) is 0 Å². The van der Waals surface area contributed by atoms with Gasteiger partial charge in [0.25, 0.3) is 5.88 Å². The Balaban J connectivity index is 2.23. The van der Waals surface area contributed by atoms with Gasteiger partial charge in [0.1, 0.15) is 5.76 Å². The molecule has 1 aliphatic rings. The average Bonchev–Trinajstić information content (AvgIpc) is 2.52. The van der Waals surface area contributed by atoms with E-state index in [1.807, 2.05) is 0 Å². The van der Waals surface area contributed by atoms with Crippen molar-refractivity contribution in [3.63, 3.8) is 0 Å². The molecule has 0 radical (unpaired) electrons. The maximum atomic E-state index is 9.24. The molecular formula is C9H13NO3. The predicted octanol–water partition coefficient (Wildman–Crippen LogP) is 1.10. The summed E-state index contributed by atoms with van der Waals surface area (Å²) < 4.78 is 10.0. The fourth-order valence-corrected chi connectivity index (χ4v) is 1.69. The number of aliphatic hydroxyl groups excluding tert-OH is 1. The number of aliphatic hydroxyl groups is 1. The smallest absolute Gasteiger partial charge is 0.254 e. The Kier molecular flexibility index (Phi) is 2.00. The van der Waals surface area contributed by atoms with E-state index in [0.29, 0.717) is 5.88 Å². The van der Waals surface area contributed by atoms with Crippen LogP contribution in [0, 0.1) is 0 Å². The molecule has 1 fully saturated rings. The van der Waals surface area contributed by atoms with E-state index in [4.69, 9.17) is 9.26 Å². The minimum absolute atomic E-state index is 0.130. The van der Waals surface area contributed by atoms with E-state index in [1.54, 1.807) is 13.2 Å². The summed E-state index contributed by atoms with van der Waals surface area (Å²) in [6, 6.07) is 1.76. The van der Waals surface area contributed by atoms with Crippen LogP contribution in [0.25, 0.3) is 0 Å². The van der Waals surface area contributed by atoms with Crippen LogP contribution in [0.15, 0.2) is 10.6 Å². The highest BCUT2D eigenvalue weighted by molar-refractivity contribution is 5.22. The molecule has 72 valence electrons. The van der Waals surface area contributed by atoms with E-state index in [1.165, 1.54) is 0 Å². The zero-order chi connectivity index (χ0) is 9.31. The fraction of sp³-hybridized carbons (Fsp3) is 0.667. The predicted molar refractivity (Wildman–Crippen MR) is 45.7 cm³/mol. The van der Waals surface area contributed by atoms with Gasteiger partial charge >= 0.3 is 0 Å². The van der Waals surface area contributed by atoms with Crippen LogP contribution < -0.4 is 4.74 Å². The number of nitrogens with zero attached hydrogens (tertiary/aromatic N) is 1. The second-order valence-corrected chi connectivity index (χ2v) is 3.53. The summed E-state index contributed by atoms with van der Waals surface area (Å²) in [7, 11) is 1.55. The van der Waals surface area contributed by atoms with Gasteiger partial charge in [-0.2, -0.15) is 0 Å². The first kappa shape index (κ1) is 8.56. The largest absolute Gasteiger partial charge is 0.479 e. The van der Waals surface area contributed by atoms with Gasteiger partial charge in [0.2, 0.25) is 0 Å². The van der Waals surface area contributed by atoms with Crippen molar-refractivity contribution in [1.29, 1.82) is 0 Å². The van der Waals surface area contributed by atoms with Crippen molar-refractivity contribution in [3.05, 3.63) is 11.8 Å². The van der Waals surface area contributed by atoms with Gasteiger partial charge in [-0.05, 0) is 18.0 Å². The second kappa shape index (κ2) is 3.03. The maximum absolute atomic E-state index is 9.24. The monoisotopic (exact) mass is 183 g/mol. The van der Waals surface area contributed by atoms with Gasteiger partial charge in [0.15, 0.2) is 0 Å². The van der Waals surface area contributed by atoms with Crippen molar-refractivity contribution < 1.29 is 14.4 Å². The molecule has 1 heterocycles. The summed E-state index contributed by atoms with van der Waals surface area (Å²) in [5.74, 6) is 1.23. The van der Waals surface area contributed by atoms with Crippen LogP contribution in [0.5, 0.6) is 5.88 Å². The molecule has 13 heavy (non-hydrogen) atoms. The second-order valence-electron chi connectivity index (χ2n) is 3.53. The summed E-state index contributed by atoms with van der Waals surface area (Å²) in [4.78, 5) is 0. The first-order chi connectivity index (χ1) is 6.30. The number of methoxy groups -OCH3 is 1. The third-order valence-corrected chi connectivity index (χ3v) is 2.83. The Hall–Kier alpha value is -1.03. The number of rotatable bonds is 3. The highest BCUT2D eigenvalue weighted by atomic mass is 16.5. The molecule has 0 aromatic carbocycles. The summed E-state index contributed by atoms with van der Waals surface area (Å²) >= 11 is 0. The van der Waals surface area contributed by atoms with Gasteiger partial charge in [-0.15, -0.1) is 0 Å². The van der Waals surface area contributed by atoms with E-state index in [2.05, 4.69) is 5.16 Å². The number of hydrogen-bond donors (Lipinski definition) is 1. The molecule has 0 spiro atoms. The van der Waals surface area contributed by atoms with Gasteiger partial charge in [0, 0.05) is 6.07 Å². The molecule has 0 amide bonds. The molecule has 0 bridgehead atoms. The molecule has 4 heteroatoms. The summed E-state index contributed by atoms with van der Waals surface area (Å²) in [6.07, 6.45) is 3.09. The zero-order valence-electron chi connectivity index (χ0n) is 7.62. The van der Waals surface area contributed by atoms with Crippen molar-refractivity contribution in [3.8, 4) is 5.88 Å². The summed E-state index contributed by atoms with van der Waals surface area (Å²) in [5, 5.41) is 13.0. The lowest BCUT2D eigenvalue weighted by atomic mass is 9.68. The molecule has 0 atom stereocenters. The molecule has 1 N–H and O–H groups in total. The third-order valence-electron chi connectivity index (χ3n) is 2.83. The van der Waals surface area contributed by atoms with Gasteiger partial charge in [0.05, 0.1) is 19.1 Å². The van der Waals surface area contributed by atoms with Gasteiger partial charge in [-0.1, -0.05) is 6.42 Å². The summed E-state index contributed by atoms with van der Waals surface area (Å²) in [5.41, 5.74) is -0.177. The molecule has 1 aliphatic carbocycles. The van der Waals surface area contributed by atoms with Crippen LogP contribution in [-0.4, -0.2) is 24.0 Å². The Bertz CT molecular complexity index is 285. The lowest BCUT2D eigenvalue weighted by molar-refractivity contribution is 0.0914. The molecule has 4 nitrogen and oxygen atoms in total. The fourth-order valence-electron chi connectivity index (χ4n) is 1.69. The van der Waals surface area contributed by atoms with Crippen LogP contribution in [0.2, 0.25) is 0 Å². The first-order valence-electron chi connectivity index (χ1n) is 4.43. The van der Waals surface area contributed by atoms with Crippen LogP contribution in [0.1, 0.15) is 25.0 Å². The van der Waals surface area contributed by atoms with Crippen molar-refractivity contribution >= 4 is 0 Å². The third kappa shape index (κ3) is 1.21. The molecule has 1 aromatic rings. The van der Waals surface area contributed by atoms with Gasteiger partial charge in [-0.3, -0.25) is 0 Å².